The summed E-state index contributed by atoms with van der Waals surface area (Å²) in [5.41, 5.74) is -0.719. The number of carbonyl (C=O) groups is 3. The Kier molecular flexibility index (Phi) is 15.0. The van der Waals surface area contributed by atoms with Crippen LogP contribution in [0.1, 0.15) is 86.8 Å². The lowest BCUT2D eigenvalue weighted by Gasteiger charge is -2.39. The monoisotopic (exact) mass is 718 g/mol. The molecule has 1 unspecified atom stereocenters. The SMILES string of the molecule is C=CCOc1cc(Cl)c(Cl)cc1[C@H](N[S+]([O-])C(C)(C)C)C1CCN(C(=O)C(CNC(=O)OC(C)(C)C)CNC(=O)OC(C)(C)C)CC1. The molecule has 14 heteroatoms. The molecule has 1 aromatic rings. The number of halogens is 2. The number of piperidine rings is 1. The van der Waals surface area contributed by atoms with Gasteiger partial charge in [-0.15, -0.1) is 4.72 Å². The predicted octanol–water partition coefficient (Wildman–Crippen LogP) is 6.56. The van der Waals surface area contributed by atoms with Crippen molar-refractivity contribution in [3.8, 4) is 5.75 Å². The number of hydrogen-bond acceptors (Lipinski definition) is 8. The van der Waals surface area contributed by atoms with Crippen LogP contribution in [0.25, 0.3) is 0 Å². The number of nitrogens with one attached hydrogen (secondary N) is 3. The lowest BCUT2D eigenvalue weighted by atomic mass is 9.85. The van der Waals surface area contributed by atoms with Crippen molar-refractivity contribution in [2.75, 3.05) is 32.8 Å². The van der Waals surface area contributed by atoms with Gasteiger partial charge in [-0.25, -0.2) is 9.59 Å². The van der Waals surface area contributed by atoms with Crippen LogP contribution in [0.5, 0.6) is 5.75 Å². The summed E-state index contributed by atoms with van der Waals surface area (Å²) in [7, 11) is 0. The molecule has 1 aliphatic rings. The van der Waals surface area contributed by atoms with Gasteiger partial charge >= 0.3 is 12.2 Å². The maximum absolute atomic E-state index is 13.8. The molecule has 0 aromatic heterocycles. The molecule has 0 spiro atoms. The van der Waals surface area contributed by atoms with Crippen molar-refractivity contribution in [1.82, 2.24) is 20.3 Å². The Hall–Kier alpha value is -2.38. The highest BCUT2D eigenvalue weighted by Gasteiger charge is 2.38. The van der Waals surface area contributed by atoms with Crippen LogP contribution < -0.4 is 20.1 Å². The van der Waals surface area contributed by atoms with Crippen molar-refractivity contribution >= 4 is 52.7 Å². The van der Waals surface area contributed by atoms with Gasteiger partial charge in [-0.3, -0.25) is 4.79 Å². The zero-order valence-corrected chi connectivity index (χ0v) is 31.4. The number of rotatable bonds is 12. The summed E-state index contributed by atoms with van der Waals surface area (Å²) in [4.78, 5) is 40.3. The van der Waals surface area contributed by atoms with Crippen molar-refractivity contribution in [2.45, 2.75) is 97.1 Å². The van der Waals surface area contributed by atoms with E-state index in [1.807, 2.05) is 20.8 Å². The van der Waals surface area contributed by atoms with Gasteiger partial charge in [0.25, 0.3) is 0 Å². The van der Waals surface area contributed by atoms with E-state index in [-0.39, 0.29) is 31.5 Å². The number of likely N-dealkylation sites (tertiary alicyclic amines) is 1. The first-order chi connectivity index (χ1) is 21.6. The summed E-state index contributed by atoms with van der Waals surface area (Å²) >= 11 is 11.4. The molecule has 1 aromatic carbocycles. The molecule has 11 nitrogen and oxygen atoms in total. The first-order valence-electron chi connectivity index (χ1n) is 15.7. The van der Waals surface area contributed by atoms with Gasteiger partial charge in [0.1, 0.15) is 28.3 Å². The third kappa shape index (κ3) is 13.9. The molecule has 266 valence electrons. The minimum Gasteiger partial charge on any atom is -0.598 e. The second-order valence-electron chi connectivity index (χ2n) is 14.5. The molecule has 47 heavy (non-hydrogen) atoms. The van der Waals surface area contributed by atoms with Crippen molar-refractivity contribution in [2.24, 2.45) is 11.8 Å². The van der Waals surface area contributed by atoms with Gasteiger partial charge < -0.3 is 34.3 Å². The molecule has 1 fully saturated rings. The van der Waals surface area contributed by atoms with Crippen LogP contribution in [0.15, 0.2) is 24.8 Å². The predicted molar refractivity (Wildman–Crippen MR) is 187 cm³/mol. The number of ether oxygens (including phenoxy) is 3. The molecular formula is C33H52Cl2N4O7S. The number of alkyl carbamates (subject to hydrolysis) is 2. The molecule has 2 rings (SSSR count). The topological polar surface area (TPSA) is 141 Å². The van der Waals surface area contributed by atoms with Crippen LogP contribution in [-0.2, 0) is 25.6 Å². The molecule has 3 amide bonds. The first kappa shape index (κ1) is 40.8. The van der Waals surface area contributed by atoms with Crippen LogP contribution in [0.3, 0.4) is 0 Å². The van der Waals surface area contributed by atoms with E-state index in [0.717, 1.165) is 0 Å². The van der Waals surface area contributed by atoms with Crippen LogP contribution in [0, 0.1) is 11.8 Å². The third-order valence-electron chi connectivity index (χ3n) is 6.99. The van der Waals surface area contributed by atoms with Gasteiger partial charge in [0.15, 0.2) is 0 Å². The van der Waals surface area contributed by atoms with E-state index < -0.39 is 51.5 Å². The zero-order valence-electron chi connectivity index (χ0n) is 29.1. The lowest BCUT2D eigenvalue weighted by molar-refractivity contribution is -0.136. The molecule has 0 saturated carbocycles. The second-order valence-corrected chi connectivity index (χ2v) is 17.3. The quantitative estimate of drug-likeness (QED) is 0.163. The van der Waals surface area contributed by atoms with Crippen molar-refractivity contribution < 1.29 is 33.1 Å². The summed E-state index contributed by atoms with van der Waals surface area (Å²) in [6, 6.07) is 2.95. The molecule has 0 radical (unpaired) electrons. The van der Waals surface area contributed by atoms with Crippen molar-refractivity contribution in [1.29, 1.82) is 0 Å². The Morgan fingerprint density at radius 2 is 1.45 bits per heavy atom. The van der Waals surface area contributed by atoms with E-state index in [0.29, 0.717) is 47.3 Å². The van der Waals surface area contributed by atoms with Gasteiger partial charge in [-0.2, -0.15) is 0 Å². The van der Waals surface area contributed by atoms with Crippen molar-refractivity contribution in [3.05, 3.63) is 40.4 Å². The Labute approximate surface area is 293 Å². The smallest absolute Gasteiger partial charge is 0.407 e. The Morgan fingerprint density at radius 1 is 0.957 bits per heavy atom. The normalized spacial score (nSPS) is 15.9. The van der Waals surface area contributed by atoms with Gasteiger partial charge in [-0.1, -0.05) is 35.9 Å². The van der Waals surface area contributed by atoms with Crippen LogP contribution in [0.2, 0.25) is 10.0 Å². The molecule has 3 N–H and O–H groups in total. The average Bonchev–Trinajstić information content (AvgIpc) is 2.93. The number of hydrogen-bond donors (Lipinski definition) is 3. The van der Waals surface area contributed by atoms with Crippen LogP contribution in [-0.4, -0.2) is 76.3 Å². The summed E-state index contributed by atoms with van der Waals surface area (Å²) in [6.07, 6.45) is 1.43. The minimum absolute atomic E-state index is 0.0492. The summed E-state index contributed by atoms with van der Waals surface area (Å²) in [6.45, 7) is 20.8. The average molecular weight is 720 g/mol. The Bertz CT molecular complexity index is 1210. The number of amides is 3. The zero-order chi connectivity index (χ0) is 35.7. The molecule has 0 bridgehead atoms. The minimum atomic E-state index is -1.44. The largest absolute Gasteiger partial charge is 0.598 e. The van der Waals surface area contributed by atoms with Gasteiger partial charge in [0.2, 0.25) is 5.91 Å². The van der Waals surface area contributed by atoms with Crippen molar-refractivity contribution in [3.63, 3.8) is 0 Å². The van der Waals surface area contributed by atoms with Gasteiger partial charge in [-0.05, 0) is 87.1 Å². The fourth-order valence-electron chi connectivity index (χ4n) is 4.77. The van der Waals surface area contributed by atoms with E-state index >= 15 is 0 Å². The lowest BCUT2D eigenvalue weighted by Crippen LogP contribution is -2.51. The van der Waals surface area contributed by atoms with E-state index in [1.165, 1.54) is 0 Å². The second kappa shape index (κ2) is 17.3. The van der Waals surface area contributed by atoms with E-state index in [1.54, 1.807) is 64.7 Å². The maximum atomic E-state index is 13.8. The van der Waals surface area contributed by atoms with Gasteiger partial charge in [0, 0.05) is 49.2 Å². The molecule has 2 atom stereocenters. The molecule has 1 saturated heterocycles. The molecule has 1 aliphatic heterocycles. The number of carbonyl (C=O) groups excluding carboxylic acids is 3. The highest BCUT2D eigenvalue weighted by Crippen LogP contribution is 2.41. The van der Waals surface area contributed by atoms with Crippen LogP contribution in [0.4, 0.5) is 9.59 Å². The van der Waals surface area contributed by atoms with Crippen LogP contribution >= 0.6 is 23.2 Å². The number of nitrogens with zero attached hydrogens (tertiary/aromatic N) is 1. The standard InChI is InChI=1S/C33H52Cl2N4O7S/c1-11-16-44-26-18-25(35)24(34)17-23(26)27(38-47(43)33(8,9)10)21-12-14-39(15-13-21)28(40)22(19-36-29(41)45-31(2,3)4)20-37-30(42)46-32(5,6)7/h11,17-18,21-22,27,38H,1,12-16,19-20H2,2-10H3,(H,36,41)(H,37,42)/t27-,47?/m1/s1. The maximum Gasteiger partial charge on any atom is 0.407 e. The number of benzene rings is 1. The molecule has 1 heterocycles. The Balaban J connectivity index is 2.28. The summed E-state index contributed by atoms with van der Waals surface area (Å²) in [5, 5.41) is 5.99. The fraction of sp³-hybridized carbons (Fsp3) is 0.667. The highest BCUT2D eigenvalue weighted by molar-refractivity contribution is 7.90. The Morgan fingerprint density at radius 3 is 1.89 bits per heavy atom. The third-order valence-corrected chi connectivity index (χ3v) is 9.29. The first-order valence-corrected chi connectivity index (χ1v) is 17.6. The molecule has 0 aliphatic carbocycles. The molecular weight excluding hydrogens is 667 g/mol. The van der Waals surface area contributed by atoms with Gasteiger partial charge in [0.05, 0.1) is 22.0 Å². The summed E-state index contributed by atoms with van der Waals surface area (Å²) in [5.74, 6) is -0.555. The van der Waals surface area contributed by atoms with E-state index in [9.17, 15) is 18.9 Å². The highest BCUT2D eigenvalue weighted by atomic mass is 35.5. The fourth-order valence-corrected chi connectivity index (χ4v) is 6.00. The summed E-state index contributed by atoms with van der Waals surface area (Å²) < 4.78 is 32.8. The van der Waals surface area contributed by atoms with E-state index in [2.05, 4.69) is 21.9 Å². The van der Waals surface area contributed by atoms with E-state index in [4.69, 9.17) is 37.4 Å².